The van der Waals surface area contributed by atoms with E-state index in [1.165, 1.54) is 16.7 Å². The van der Waals surface area contributed by atoms with Crippen LogP contribution in [-0.2, 0) is 22.6 Å². The molecule has 2 aliphatic heterocycles. The number of benzene rings is 1. The van der Waals surface area contributed by atoms with Crippen LogP contribution in [-0.4, -0.2) is 35.9 Å². The van der Waals surface area contributed by atoms with Gasteiger partial charge in [0.05, 0.1) is 12.2 Å². The van der Waals surface area contributed by atoms with E-state index in [1.807, 2.05) is 0 Å². The molecule has 0 aliphatic carbocycles. The van der Waals surface area contributed by atoms with Crippen LogP contribution < -0.4 is 5.32 Å². The molecule has 1 fully saturated rings. The molecule has 2 unspecified atom stereocenters. The van der Waals surface area contributed by atoms with E-state index in [2.05, 4.69) is 37.4 Å². The highest BCUT2D eigenvalue weighted by Gasteiger charge is 2.44. The average Bonchev–Trinajstić information content (AvgIpc) is 2.88. The van der Waals surface area contributed by atoms with Crippen LogP contribution in [0.3, 0.4) is 0 Å². The van der Waals surface area contributed by atoms with Crippen molar-refractivity contribution in [2.24, 2.45) is 0 Å². The molecule has 0 radical (unpaired) electrons. The van der Waals surface area contributed by atoms with Crippen LogP contribution in [0.15, 0.2) is 18.2 Å². The Balaban J connectivity index is 0.000000236. The van der Waals surface area contributed by atoms with Crippen LogP contribution in [0.4, 0.5) is 13.2 Å². The Bertz CT molecular complexity index is 588. The molecule has 1 aromatic carbocycles. The number of carbonyl (C=O) groups is 1. The minimum Gasteiger partial charge on any atom is -0.475 e. The predicted molar refractivity (Wildman–Crippen MR) is 78.3 cm³/mol. The van der Waals surface area contributed by atoms with Crippen molar-refractivity contribution in [2.45, 2.75) is 44.6 Å². The van der Waals surface area contributed by atoms with Crippen LogP contribution in [0.2, 0.25) is 0 Å². The molecule has 128 valence electrons. The number of ether oxygens (including phenoxy) is 1. The highest BCUT2D eigenvalue weighted by atomic mass is 19.4. The van der Waals surface area contributed by atoms with Crippen molar-refractivity contribution in [3.63, 3.8) is 0 Å². The van der Waals surface area contributed by atoms with E-state index in [4.69, 9.17) is 14.6 Å². The van der Waals surface area contributed by atoms with Gasteiger partial charge in [0.25, 0.3) is 0 Å². The maximum absolute atomic E-state index is 10.6. The van der Waals surface area contributed by atoms with Crippen molar-refractivity contribution in [1.82, 2.24) is 5.32 Å². The summed E-state index contributed by atoms with van der Waals surface area (Å²) in [6.07, 6.45) is -3.98. The summed E-state index contributed by atoms with van der Waals surface area (Å²) in [5.74, 6) is -2.23. The molecular weight excluding hydrogens is 311 g/mol. The largest absolute Gasteiger partial charge is 0.490 e. The third-order valence-corrected chi connectivity index (χ3v) is 4.42. The van der Waals surface area contributed by atoms with Crippen LogP contribution in [0.5, 0.6) is 0 Å². The average molecular weight is 331 g/mol. The normalized spacial score (nSPS) is 25.9. The van der Waals surface area contributed by atoms with E-state index in [9.17, 15) is 13.2 Å². The molecule has 2 aliphatic rings. The first-order valence-electron chi connectivity index (χ1n) is 7.44. The van der Waals surface area contributed by atoms with Gasteiger partial charge in [-0.3, -0.25) is 0 Å². The van der Waals surface area contributed by atoms with Gasteiger partial charge in [-0.05, 0) is 30.0 Å². The third-order valence-electron chi connectivity index (χ3n) is 4.42. The molecule has 0 aromatic heterocycles. The van der Waals surface area contributed by atoms with Crippen molar-refractivity contribution in [2.75, 3.05) is 13.1 Å². The van der Waals surface area contributed by atoms with Crippen molar-refractivity contribution >= 4 is 5.97 Å². The van der Waals surface area contributed by atoms with Gasteiger partial charge in [-0.25, -0.2) is 4.79 Å². The smallest absolute Gasteiger partial charge is 0.475 e. The van der Waals surface area contributed by atoms with E-state index in [0.29, 0.717) is 5.92 Å². The second-order valence-electron chi connectivity index (χ2n) is 5.93. The Labute approximate surface area is 132 Å². The van der Waals surface area contributed by atoms with E-state index >= 15 is 0 Å². The number of fused-ring (bicyclic) bond motifs is 3. The maximum atomic E-state index is 10.6. The molecule has 23 heavy (non-hydrogen) atoms. The highest BCUT2D eigenvalue weighted by molar-refractivity contribution is 5.73. The van der Waals surface area contributed by atoms with Gasteiger partial charge >= 0.3 is 12.1 Å². The Morgan fingerprint density at radius 1 is 1.48 bits per heavy atom. The summed E-state index contributed by atoms with van der Waals surface area (Å²) in [6, 6.07) is 6.71. The molecule has 2 N–H and O–H groups in total. The highest BCUT2D eigenvalue weighted by Crippen LogP contribution is 2.42. The molecule has 3 rings (SSSR count). The lowest BCUT2D eigenvalue weighted by atomic mass is 9.80. The number of alkyl halides is 3. The lowest BCUT2D eigenvalue weighted by Gasteiger charge is -2.37. The monoisotopic (exact) mass is 331 g/mol. The summed E-state index contributed by atoms with van der Waals surface area (Å²) in [7, 11) is 0. The van der Waals surface area contributed by atoms with Gasteiger partial charge in [0.2, 0.25) is 0 Å². The van der Waals surface area contributed by atoms with Gasteiger partial charge in [0.15, 0.2) is 0 Å². The fraction of sp³-hybridized carbons (Fsp3) is 0.562. The molecule has 0 spiro atoms. The van der Waals surface area contributed by atoms with Crippen LogP contribution in [0.25, 0.3) is 0 Å². The second kappa shape index (κ2) is 6.49. The number of rotatable bonds is 1. The van der Waals surface area contributed by atoms with E-state index in [1.54, 1.807) is 0 Å². The lowest BCUT2D eigenvalue weighted by Crippen LogP contribution is -2.40. The number of hydrogen-bond donors (Lipinski definition) is 2. The quantitative estimate of drug-likeness (QED) is 0.831. The van der Waals surface area contributed by atoms with Gasteiger partial charge in [-0.2, -0.15) is 13.2 Å². The number of aliphatic carboxylic acids is 1. The molecule has 2 atom stereocenters. The Hall–Kier alpha value is -1.60. The van der Waals surface area contributed by atoms with Crippen LogP contribution in [0, 0.1) is 0 Å². The van der Waals surface area contributed by atoms with E-state index < -0.39 is 12.1 Å². The van der Waals surface area contributed by atoms with Gasteiger partial charge in [0, 0.05) is 19.0 Å². The SMILES string of the molecule is CCc1cccc2c1COC1(C)CNCC21.O=C(O)C(F)(F)F. The number of halogens is 3. The van der Waals surface area contributed by atoms with Gasteiger partial charge in [-0.1, -0.05) is 25.1 Å². The van der Waals surface area contributed by atoms with Gasteiger partial charge in [0.1, 0.15) is 0 Å². The molecule has 2 heterocycles. The molecule has 0 amide bonds. The summed E-state index contributed by atoms with van der Waals surface area (Å²) >= 11 is 0. The molecule has 0 saturated carbocycles. The summed E-state index contributed by atoms with van der Waals surface area (Å²) < 4.78 is 37.8. The lowest BCUT2D eigenvalue weighted by molar-refractivity contribution is -0.192. The Kier molecular flexibility index (Phi) is 5.01. The fourth-order valence-electron chi connectivity index (χ4n) is 3.12. The fourth-order valence-corrected chi connectivity index (χ4v) is 3.12. The topological polar surface area (TPSA) is 58.6 Å². The molecule has 0 bridgehead atoms. The number of aryl methyl sites for hydroxylation is 1. The molecular formula is C16H20F3NO3. The summed E-state index contributed by atoms with van der Waals surface area (Å²) in [6.45, 7) is 7.27. The molecule has 1 saturated heterocycles. The van der Waals surface area contributed by atoms with Gasteiger partial charge in [-0.15, -0.1) is 0 Å². The minimum atomic E-state index is -5.08. The van der Waals surface area contributed by atoms with Crippen molar-refractivity contribution in [3.8, 4) is 0 Å². The first-order chi connectivity index (χ1) is 10.7. The third kappa shape index (κ3) is 3.67. The summed E-state index contributed by atoms with van der Waals surface area (Å²) in [5, 5.41) is 10.6. The second-order valence-corrected chi connectivity index (χ2v) is 5.93. The molecule has 7 heteroatoms. The number of carboxylic acids is 1. The first kappa shape index (κ1) is 17.7. The minimum absolute atomic E-state index is 0.0133. The number of hydrogen-bond acceptors (Lipinski definition) is 3. The van der Waals surface area contributed by atoms with Crippen LogP contribution >= 0.6 is 0 Å². The molecule has 4 nitrogen and oxygen atoms in total. The van der Waals surface area contributed by atoms with E-state index in [-0.39, 0.29) is 5.60 Å². The maximum Gasteiger partial charge on any atom is 0.490 e. The zero-order valence-electron chi connectivity index (χ0n) is 13.0. The number of nitrogens with one attached hydrogen (secondary N) is 1. The van der Waals surface area contributed by atoms with Gasteiger partial charge < -0.3 is 15.2 Å². The van der Waals surface area contributed by atoms with Crippen molar-refractivity contribution in [1.29, 1.82) is 0 Å². The predicted octanol–water partition coefficient (Wildman–Crippen LogP) is 2.86. The standard InChI is InChI=1S/C14H19NO.C2HF3O2/c1-3-10-5-4-6-11-12(10)8-16-14(2)9-15-7-13(11)14;3-2(4,5)1(6)7/h4-6,13,15H,3,7-9H2,1-2H3;(H,6,7). The van der Waals surface area contributed by atoms with Crippen molar-refractivity contribution < 1.29 is 27.8 Å². The van der Waals surface area contributed by atoms with Crippen molar-refractivity contribution in [3.05, 3.63) is 34.9 Å². The first-order valence-corrected chi connectivity index (χ1v) is 7.44. The summed E-state index contributed by atoms with van der Waals surface area (Å²) in [5.41, 5.74) is 4.42. The Morgan fingerprint density at radius 2 is 2.13 bits per heavy atom. The molecule has 1 aromatic rings. The Morgan fingerprint density at radius 3 is 2.70 bits per heavy atom. The van der Waals surface area contributed by atoms with E-state index in [0.717, 1.165) is 26.1 Å². The number of carboxylic acid groups (broad SMARTS) is 1. The zero-order valence-corrected chi connectivity index (χ0v) is 13.0. The van der Waals surface area contributed by atoms with Crippen LogP contribution in [0.1, 0.15) is 36.5 Å². The zero-order chi connectivity index (χ0) is 17.3. The summed E-state index contributed by atoms with van der Waals surface area (Å²) in [4.78, 5) is 8.90.